The predicted molar refractivity (Wildman–Crippen MR) is 108 cm³/mol. The lowest BCUT2D eigenvalue weighted by Crippen LogP contribution is -2.53. The summed E-state index contributed by atoms with van der Waals surface area (Å²) in [4.78, 5) is 32.0. The topological polar surface area (TPSA) is 67.7 Å². The van der Waals surface area contributed by atoms with Crippen LogP contribution in [0.25, 0.3) is 0 Å². The second-order valence-electron chi connectivity index (χ2n) is 9.22. The molecule has 0 aromatic heterocycles. The standard InChI is InChI=1S/C23H27FN4O2/c1-14(22(29)27-8-2-3-17(27)11-25)12-26-13-18-10-21(26)23(30)28(18)20-7-4-15-9-16(24)5-6-19(15)20/h5-6,9,14,17-18,20-21H,2-4,7-8,10,12-13H2,1H3/t14-,17-,18-,20+,21-/m0/s1. The number of carbonyl (C=O) groups is 2. The van der Waals surface area contributed by atoms with Gasteiger partial charge in [-0.25, -0.2) is 4.39 Å². The van der Waals surface area contributed by atoms with Gasteiger partial charge < -0.3 is 9.80 Å². The third-order valence-corrected chi connectivity index (χ3v) is 7.42. The number of rotatable bonds is 4. The minimum Gasteiger partial charge on any atom is -0.330 e. The molecular formula is C23H27FN4O2. The number of halogens is 1. The van der Waals surface area contributed by atoms with Crippen LogP contribution in [-0.2, 0) is 16.0 Å². The Balaban J connectivity index is 1.25. The van der Waals surface area contributed by atoms with Gasteiger partial charge in [0.2, 0.25) is 11.8 Å². The highest BCUT2D eigenvalue weighted by molar-refractivity contribution is 5.86. The van der Waals surface area contributed by atoms with E-state index in [2.05, 4.69) is 11.0 Å². The number of piperazine rings is 1. The molecule has 2 amide bonds. The zero-order valence-electron chi connectivity index (χ0n) is 17.3. The van der Waals surface area contributed by atoms with Crippen molar-refractivity contribution >= 4 is 11.8 Å². The highest BCUT2D eigenvalue weighted by Crippen LogP contribution is 2.44. The van der Waals surface area contributed by atoms with Crippen molar-refractivity contribution in [2.45, 2.75) is 63.2 Å². The summed E-state index contributed by atoms with van der Waals surface area (Å²) in [6.45, 7) is 3.90. The van der Waals surface area contributed by atoms with Crippen molar-refractivity contribution in [2.75, 3.05) is 19.6 Å². The van der Waals surface area contributed by atoms with Crippen LogP contribution >= 0.6 is 0 Å². The molecule has 5 rings (SSSR count). The van der Waals surface area contributed by atoms with Crippen molar-refractivity contribution in [3.63, 3.8) is 0 Å². The van der Waals surface area contributed by atoms with Gasteiger partial charge in [0, 0.05) is 31.6 Å². The van der Waals surface area contributed by atoms with Crippen molar-refractivity contribution in [3.05, 3.63) is 35.1 Å². The van der Waals surface area contributed by atoms with Gasteiger partial charge in [-0.1, -0.05) is 13.0 Å². The SMILES string of the molecule is C[C@@H](CN1C[C@@H]2C[C@H]1C(=O)N2[C@@H]1CCc2cc(F)ccc21)C(=O)N1CCC[C@H]1C#N. The van der Waals surface area contributed by atoms with E-state index in [0.717, 1.165) is 49.8 Å². The van der Waals surface area contributed by atoms with Crippen LogP contribution in [0.15, 0.2) is 18.2 Å². The molecule has 2 bridgehead atoms. The Morgan fingerprint density at radius 3 is 2.93 bits per heavy atom. The fraction of sp³-hybridized carbons (Fsp3) is 0.609. The first-order chi connectivity index (χ1) is 14.5. The summed E-state index contributed by atoms with van der Waals surface area (Å²) in [5, 5.41) is 9.26. The number of likely N-dealkylation sites (tertiary alicyclic amines) is 3. The Kier molecular flexibility index (Phi) is 4.78. The maximum Gasteiger partial charge on any atom is 0.240 e. The summed E-state index contributed by atoms with van der Waals surface area (Å²) < 4.78 is 13.6. The van der Waals surface area contributed by atoms with Crippen LogP contribution in [-0.4, -0.2) is 64.3 Å². The molecule has 1 aromatic rings. The maximum absolute atomic E-state index is 13.6. The molecule has 4 aliphatic rings. The lowest BCUT2D eigenvalue weighted by atomic mass is 10.0. The summed E-state index contributed by atoms with van der Waals surface area (Å²) in [6.07, 6.45) is 4.10. The van der Waals surface area contributed by atoms with E-state index in [1.165, 1.54) is 6.07 Å². The normalized spacial score (nSPS) is 31.3. The van der Waals surface area contributed by atoms with Gasteiger partial charge in [0.05, 0.1) is 18.2 Å². The summed E-state index contributed by atoms with van der Waals surface area (Å²) in [6, 6.07) is 6.89. The fourth-order valence-corrected chi connectivity index (χ4v) is 6.03. The van der Waals surface area contributed by atoms with Gasteiger partial charge in [-0.05, 0) is 55.4 Å². The summed E-state index contributed by atoms with van der Waals surface area (Å²) in [5.74, 6) is -0.276. The Morgan fingerprint density at radius 2 is 2.17 bits per heavy atom. The molecular weight excluding hydrogens is 383 g/mol. The molecule has 1 aliphatic carbocycles. The third kappa shape index (κ3) is 3.01. The molecule has 0 spiro atoms. The third-order valence-electron chi connectivity index (χ3n) is 7.42. The number of fused-ring (bicyclic) bond motifs is 3. The first-order valence-electron chi connectivity index (χ1n) is 11.0. The van der Waals surface area contributed by atoms with Crippen LogP contribution in [0.3, 0.4) is 0 Å². The molecule has 1 aromatic carbocycles. The minimum atomic E-state index is -0.306. The Morgan fingerprint density at radius 1 is 1.33 bits per heavy atom. The molecule has 5 atom stereocenters. The van der Waals surface area contributed by atoms with Gasteiger partial charge in [0.15, 0.2) is 0 Å². The van der Waals surface area contributed by atoms with Crippen LogP contribution in [0.4, 0.5) is 4.39 Å². The molecule has 3 heterocycles. The van der Waals surface area contributed by atoms with Crippen LogP contribution in [0.5, 0.6) is 0 Å². The van der Waals surface area contributed by atoms with Crippen LogP contribution in [0.1, 0.15) is 49.8 Å². The molecule has 3 aliphatic heterocycles. The molecule has 30 heavy (non-hydrogen) atoms. The average Bonchev–Trinajstić information content (AvgIpc) is 3.49. The van der Waals surface area contributed by atoms with E-state index in [1.807, 2.05) is 17.9 Å². The van der Waals surface area contributed by atoms with E-state index in [-0.39, 0.29) is 47.7 Å². The number of nitrogens with zero attached hydrogens (tertiary/aromatic N) is 4. The first-order valence-corrected chi connectivity index (χ1v) is 11.0. The number of hydrogen-bond donors (Lipinski definition) is 0. The summed E-state index contributed by atoms with van der Waals surface area (Å²) in [5.41, 5.74) is 2.10. The predicted octanol–water partition coefficient (Wildman–Crippen LogP) is 2.25. The molecule has 3 fully saturated rings. The highest BCUT2D eigenvalue weighted by Gasteiger charge is 2.53. The maximum atomic E-state index is 13.6. The summed E-state index contributed by atoms with van der Waals surface area (Å²) >= 11 is 0. The van der Waals surface area contributed by atoms with Gasteiger partial charge in [-0.3, -0.25) is 14.5 Å². The molecule has 7 heteroatoms. The monoisotopic (exact) mass is 410 g/mol. The van der Waals surface area contributed by atoms with Crippen molar-refractivity contribution in [1.82, 2.24) is 14.7 Å². The van der Waals surface area contributed by atoms with Crippen molar-refractivity contribution < 1.29 is 14.0 Å². The molecule has 6 nitrogen and oxygen atoms in total. The average molecular weight is 410 g/mol. The number of nitriles is 1. The Labute approximate surface area is 176 Å². The van der Waals surface area contributed by atoms with Gasteiger partial charge in [-0.2, -0.15) is 5.26 Å². The summed E-state index contributed by atoms with van der Waals surface area (Å²) in [7, 11) is 0. The van der Waals surface area contributed by atoms with E-state index in [1.54, 1.807) is 11.0 Å². The fourth-order valence-electron chi connectivity index (χ4n) is 6.03. The van der Waals surface area contributed by atoms with Gasteiger partial charge >= 0.3 is 0 Å². The van der Waals surface area contributed by atoms with Crippen LogP contribution in [0.2, 0.25) is 0 Å². The second kappa shape index (κ2) is 7.35. The number of hydrogen-bond acceptors (Lipinski definition) is 4. The largest absolute Gasteiger partial charge is 0.330 e. The lowest BCUT2D eigenvalue weighted by Gasteiger charge is -2.38. The number of benzene rings is 1. The quantitative estimate of drug-likeness (QED) is 0.764. The minimum absolute atomic E-state index is 0.0258. The van der Waals surface area contributed by atoms with Gasteiger partial charge in [-0.15, -0.1) is 0 Å². The Bertz CT molecular complexity index is 928. The number of aryl methyl sites for hydroxylation is 1. The smallest absolute Gasteiger partial charge is 0.240 e. The number of carbonyl (C=O) groups excluding carboxylic acids is 2. The molecule has 0 radical (unpaired) electrons. The lowest BCUT2D eigenvalue weighted by molar-refractivity contribution is -0.142. The van der Waals surface area contributed by atoms with E-state index < -0.39 is 0 Å². The van der Waals surface area contributed by atoms with E-state index in [0.29, 0.717) is 13.1 Å². The highest BCUT2D eigenvalue weighted by atomic mass is 19.1. The zero-order valence-corrected chi connectivity index (χ0v) is 17.3. The molecule has 0 saturated carbocycles. The van der Waals surface area contributed by atoms with E-state index in [4.69, 9.17) is 0 Å². The first kappa shape index (κ1) is 19.5. The van der Waals surface area contributed by atoms with E-state index >= 15 is 0 Å². The van der Waals surface area contributed by atoms with Crippen molar-refractivity contribution in [2.24, 2.45) is 5.92 Å². The zero-order chi connectivity index (χ0) is 21.0. The molecule has 158 valence electrons. The molecule has 3 saturated heterocycles. The van der Waals surface area contributed by atoms with Gasteiger partial charge in [0.1, 0.15) is 11.9 Å². The van der Waals surface area contributed by atoms with Crippen molar-refractivity contribution in [3.8, 4) is 6.07 Å². The second-order valence-corrected chi connectivity index (χ2v) is 9.22. The van der Waals surface area contributed by atoms with E-state index in [9.17, 15) is 19.2 Å². The van der Waals surface area contributed by atoms with Gasteiger partial charge in [0.25, 0.3) is 0 Å². The van der Waals surface area contributed by atoms with Crippen LogP contribution in [0, 0.1) is 23.1 Å². The van der Waals surface area contributed by atoms with Crippen LogP contribution < -0.4 is 0 Å². The van der Waals surface area contributed by atoms with Crippen molar-refractivity contribution in [1.29, 1.82) is 5.26 Å². The Hall–Kier alpha value is -2.46. The molecule has 0 N–H and O–H groups in total. The number of amides is 2. The molecule has 0 unspecified atom stereocenters.